The number of aromatic amines is 1. The van der Waals surface area contributed by atoms with Crippen LogP contribution in [0.15, 0.2) is 18.2 Å². The van der Waals surface area contributed by atoms with E-state index in [9.17, 15) is 4.79 Å². The van der Waals surface area contributed by atoms with Crippen molar-refractivity contribution in [3.8, 4) is 22.8 Å². The molecule has 1 aromatic heterocycles. The van der Waals surface area contributed by atoms with E-state index < -0.39 is 5.97 Å². The van der Waals surface area contributed by atoms with Crippen LogP contribution in [0.1, 0.15) is 16.9 Å². The number of ether oxygens (including phenoxy) is 2. The molecule has 0 atom stereocenters. The average molecular weight is 295 g/mol. The number of hydrogen-bond donors (Lipinski definition) is 2. The van der Waals surface area contributed by atoms with Crippen molar-refractivity contribution in [1.29, 1.82) is 0 Å². The summed E-state index contributed by atoms with van der Waals surface area (Å²) in [6.07, 6.45) is 0.755. The minimum atomic E-state index is -1.07. The normalized spacial score (nSPS) is 13.8. The molecule has 0 aliphatic carbocycles. The van der Waals surface area contributed by atoms with E-state index in [0.29, 0.717) is 41.0 Å². The van der Waals surface area contributed by atoms with Gasteiger partial charge in [0.1, 0.15) is 5.69 Å². The van der Waals surface area contributed by atoms with Crippen LogP contribution in [0.3, 0.4) is 0 Å². The summed E-state index contributed by atoms with van der Waals surface area (Å²) in [5.74, 6) is -0.0963. The maximum absolute atomic E-state index is 10.9. The highest BCUT2D eigenvalue weighted by Gasteiger charge is 2.21. The Morgan fingerprint density at radius 1 is 1.30 bits per heavy atom. The molecule has 1 aliphatic heterocycles. The van der Waals surface area contributed by atoms with Gasteiger partial charge in [-0.3, -0.25) is 5.10 Å². The molecule has 1 aromatic carbocycles. The molecule has 0 saturated heterocycles. The van der Waals surface area contributed by atoms with Crippen molar-refractivity contribution in [2.24, 2.45) is 0 Å². The molecular formula is C13H11ClN2O4. The summed E-state index contributed by atoms with van der Waals surface area (Å²) in [7, 11) is 0. The number of aromatic nitrogens is 2. The molecule has 2 aromatic rings. The standard InChI is InChI=1S/C13H11ClN2O4/c14-8-3-2-7(9-6-10(13(17)18)16-15-9)11-12(8)20-5-1-4-19-11/h2-3,6H,1,4-5H2,(H,15,16)(H,17,18). The molecule has 3 rings (SSSR count). The SMILES string of the molecule is O=C(O)c1cc(-c2ccc(Cl)c3c2OCCCO3)n[nH]1. The number of hydrogen-bond acceptors (Lipinski definition) is 4. The van der Waals surface area contributed by atoms with Gasteiger partial charge in [0.2, 0.25) is 0 Å². The lowest BCUT2D eigenvalue weighted by Crippen LogP contribution is -1.98. The van der Waals surface area contributed by atoms with Gasteiger partial charge in [0.05, 0.1) is 23.9 Å². The molecule has 2 heterocycles. The van der Waals surface area contributed by atoms with Crippen molar-refractivity contribution in [2.45, 2.75) is 6.42 Å². The van der Waals surface area contributed by atoms with Crippen LogP contribution < -0.4 is 9.47 Å². The van der Waals surface area contributed by atoms with E-state index in [1.54, 1.807) is 12.1 Å². The molecule has 0 radical (unpaired) electrons. The lowest BCUT2D eigenvalue weighted by Gasteiger charge is -2.12. The zero-order chi connectivity index (χ0) is 14.1. The van der Waals surface area contributed by atoms with Gasteiger partial charge >= 0.3 is 5.97 Å². The van der Waals surface area contributed by atoms with Gasteiger partial charge in [-0.1, -0.05) is 11.6 Å². The van der Waals surface area contributed by atoms with Gasteiger partial charge in [0.25, 0.3) is 0 Å². The molecule has 0 bridgehead atoms. The number of benzene rings is 1. The molecule has 20 heavy (non-hydrogen) atoms. The lowest BCUT2D eigenvalue weighted by atomic mass is 10.1. The largest absolute Gasteiger partial charge is 0.489 e. The minimum Gasteiger partial charge on any atom is -0.489 e. The van der Waals surface area contributed by atoms with E-state index >= 15 is 0 Å². The van der Waals surface area contributed by atoms with E-state index in [-0.39, 0.29) is 5.69 Å². The second kappa shape index (κ2) is 5.05. The number of H-pyrrole nitrogens is 1. The van der Waals surface area contributed by atoms with Crippen LogP contribution in [0.4, 0.5) is 0 Å². The zero-order valence-electron chi connectivity index (χ0n) is 10.4. The number of carboxylic acids is 1. The fourth-order valence-electron chi connectivity index (χ4n) is 1.99. The molecule has 0 spiro atoms. The van der Waals surface area contributed by atoms with Crippen molar-refractivity contribution in [1.82, 2.24) is 10.2 Å². The van der Waals surface area contributed by atoms with E-state index in [4.69, 9.17) is 26.2 Å². The second-order valence-corrected chi connectivity index (χ2v) is 4.68. The van der Waals surface area contributed by atoms with Crippen LogP contribution in [0.25, 0.3) is 11.3 Å². The molecule has 0 saturated carbocycles. The fraction of sp³-hybridized carbons (Fsp3) is 0.231. The van der Waals surface area contributed by atoms with Crippen molar-refractivity contribution in [3.63, 3.8) is 0 Å². The molecule has 6 nitrogen and oxygen atoms in total. The van der Waals surface area contributed by atoms with Crippen LogP contribution >= 0.6 is 11.6 Å². The Labute approximate surface area is 119 Å². The van der Waals surface area contributed by atoms with Gasteiger partial charge < -0.3 is 14.6 Å². The first-order chi connectivity index (χ1) is 9.66. The summed E-state index contributed by atoms with van der Waals surface area (Å²) in [4.78, 5) is 10.9. The highest BCUT2D eigenvalue weighted by atomic mass is 35.5. The predicted molar refractivity (Wildman–Crippen MR) is 71.6 cm³/mol. The van der Waals surface area contributed by atoms with Gasteiger partial charge in [-0.2, -0.15) is 5.10 Å². The first kappa shape index (κ1) is 12.8. The number of nitrogens with zero attached hydrogens (tertiary/aromatic N) is 1. The number of rotatable bonds is 2. The van der Waals surface area contributed by atoms with Crippen molar-refractivity contribution < 1.29 is 19.4 Å². The van der Waals surface area contributed by atoms with E-state index in [1.165, 1.54) is 6.07 Å². The Kier molecular flexibility index (Phi) is 3.23. The van der Waals surface area contributed by atoms with Crippen LogP contribution in [0, 0.1) is 0 Å². The number of fused-ring (bicyclic) bond motifs is 1. The van der Waals surface area contributed by atoms with E-state index in [2.05, 4.69) is 10.2 Å². The monoisotopic (exact) mass is 294 g/mol. The van der Waals surface area contributed by atoms with Crippen molar-refractivity contribution in [2.75, 3.05) is 13.2 Å². The highest BCUT2D eigenvalue weighted by Crippen LogP contribution is 2.43. The Balaban J connectivity index is 2.11. The quantitative estimate of drug-likeness (QED) is 0.889. The van der Waals surface area contributed by atoms with Gasteiger partial charge in [-0.05, 0) is 18.2 Å². The zero-order valence-corrected chi connectivity index (χ0v) is 11.1. The number of carbonyl (C=O) groups is 1. The second-order valence-electron chi connectivity index (χ2n) is 4.28. The number of aromatic carboxylic acids is 1. The summed E-state index contributed by atoms with van der Waals surface area (Å²) >= 11 is 6.10. The maximum atomic E-state index is 10.9. The topological polar surface area (TPSA) is 84.4 Å². The molecule has 0 amide bonds. The molecule has 0 fully saturated rings. The van der Waals surface area contributed by atoms with E-state index in [0.717, 1.165) is 6.42 Å². The van der Waals surface area contributed by atoms with Crippen molar-refractivity contribution >= 4 is 17.6 Å². The highest BCUT2D eigenvalue weighted by molar-refractivity contribution is 6.32. The van der Waals surface area contributed by atoms with Gasteiger partial charge in [0.15, 0.2) is 11.5 Å². The van der Waals surface area contributed by atoms with Crippen LogP contribution in [0.5, 0.6) is 11.5 Å². The Hall–Kier alpha value is -2.21. The molecule has 104 valence electrons. The first-order valence-electron chi connectivity index (χ1n) is 6.04. The maximum Gasteiger partial charge on any atom is 0.353 e. The third kappa shape index (κ3) is 2.18. The fourth-order valence-corrected chi connectivity index (χ4v) is 2.20. The molecular weight excluding hydrogens is 284 g/mol. The summed E-state index contributed by atoms with van der Waals surface area (Å²) in [5, 5.41) is 15.8. The third-order valence-electron chi connectivity index (χ3n) is 2.93. The Morgan fingerprint density at radius 3 is 2.75 bits per heavy atom. The average Bonchev–Trinajstić information content (AvgIpc) is 2.77. The molecule has 2 N–H and O–H groups in total. The third-order valence-corrected chi connectivity index (χ3v) is 3.23. The first-order valence-corrected chi connectivity index (χ1v) is 6.42. The summed E-state index contributed by atoms with van der Waals surface area (Å²) in [5.41, 5.74) is 1.13. The summed E-state index contributed by atoms with van der Waals surface area (Å²) in [6.45, 7) is 1.04. The molecule has 0 unspecified atom stereocenters. The number of nitrogens with one attached hydrogen (secondary N) is 1. The predicted octanol–water partition coefficient (Wildman–Crippen LogP) is 2.59. The lowest BCUT2D eigenvalue weighted by molar-refractivity contribution is 0.0690. The number of carboxylic acid groups (broad SMARTS) is 1. The van der Waals surface area contributed by atoms with Gasteiger partial charge in [-0.25, -0.2) is 4.79 Å². The van der Waals surface area contributed by atoms with Crippen molar-refractivity contribution in [3.05, 3.63) is 28.9 Å². The van der Waals surface area contributed by atoms with Crippen LogP contribution in [-0.4, -0.2) is 34.5 Å². The minimum absolute atomic E-state index is 0.0123. The molecule has 1 aliphatic rings. The summed E-state index contributed by atoms with van der Waals surface area (Å²) in [6, 6.07) is 4.86. The van der Waals surface area contributed by atoms with E-state index in [1.807, 2.05) is 0 Å². The Morgan fingerprint density at radius 2 is 2.05 bits per heavy atom. The summed E-state index contributed by atoms with van der Waals surface area (Å²) < 4.78 is 11.3. The molecule has 7 heteroatoms. The van der Waals surface area contributed by atoms with Gasteiger partial charge in [-0.15, -0.1) is 0 Å². The van der Waals surface area contributed by atoms with Crippen LogP contribution in [-0.2, 0) is 0 Å². The van der Waals surface area contributed by atoms with Crippen LogP contribution in [0.2, 0.25) is 5.02 Å². The number of halogens is 1. The Bertz CT molecular complexity index is 668. The van der Waals surface area contributed by atoms with Gasteiger partial charge in [0, 0.05) is 12.0 Å². The smallest absolute Gasteiger partial charge is 0.353 e.